The van der Waals surface area contributed by atoms with Crippen LogP contribution in [0.2, 0.25) is 0 Å². The maximum atomic E-state index is 14.7. The van der Waals surface area contributed by atoms with Gasteiger partial charge in [0.25, 0.3) is 5.91 Å². The Labute approximate surface area is 392 Å². The Balaban J connectivity index is 1.18. The number of likely N-dealkylation sites (N-methyl/N-ethyl adjacent to an activating group) is 1. The third kappa shape index (κ3) is 9.93. The lowest BCUT2D eigenvalue weighted by Gasteiger charge is -2.37. The number of amides is 4. The van der Waals surface area contributed by atoms with Crippen LogP contribution in [0.1, 0.15) is 83.7 Å². The van der Waals surface area contributed by atoms with Crippen LogP contribution in [0.3, 0.4) is 0 Å². The number of pyridine rings is 1. The topological polar surface area (TPSA) is 198 Å². The van der Waals surface area contributed by atoms with Gasteiger partial charge in [0.05, 0.1) is 36.1 Å². The molecular formula is C51H66N8O8. The molecule has 8 rings (SSSR count). The summed E-state index contributed by atoms with van der Waals surface area (Å²) in [7, 11) is 3.28. The Hall–Kier alpha value is -5.84. The van der Waals surface area contributed by atoms with Crippen LogP contribution in [0.5, 0.6) is 5.75 Å². The molecule has 358 valence electrons. The molecular weight excluding hydrogens is 853 g/mol. The number of methoxy groups -OCH3 is 1. The van der Waals surface area contributed by atoms with E-state index in [2.05, 4.69) is 59.6 Å². The number of benzene rings is 2. The lowest BCUT2D eigenvalue weighted by atomic mass is 9.84. The van der Waals surface area contributed by atoms with E-state index in [1.807, 2.05) is 39.0 Å². The van der Waals surface area contributed by atoms with E-state index >= 15 is 0 Å². The summed E-state index contributed by atoms with van der Waals surface area (Å²) in [6, 6.07) is 12.4. The second-order valence-corrected chi connectivity index (χ2v) is 19.9. The molecule has 3 saturated heterocycles. The van der Waals surface area contributed by atoms with Crippen LogP contribution in [0, 0.1) is 17.3 Å². The van der Waals surface area contributed by atoms with Crippen LogP contribution in [-0.2, 0) is 52.8 Å². The zero-order valence-corrected chi connectivity index (χ0v) is 40.1. The summed E-state index contributed by atoms with van der Waals surface area (Å²) in [5, 5.41) is 19.8. The van der Waals surface area contributed by atoms with Crippen molar-refractivity contribution in [1.82, 2.24) is 40.4 Å². The highest BCUT2D eigenvalue weighted by atomic mass is 16.5. The quantitative estimate of drug-likeness (QED) is 0.127. The van der Waals surface area contributed by atoms with Crippen molar-refractivity contribution in [3.8, 4) is 28.1 Å². The van der Waals surface area contributed by atoms with Gasteiger partial charge in [0.2, 0.25) is 17.7 Å². The van der Waals surface area contributed by atoms with Crippen molar-refractivity contribution in [2.24, 2.45) is 17.3 Å². The van der Waals surface area contributed by atoms with Crippen molar-refractivity contribution in [2.45, 2.75) is 110 Å². The Morgan fingerprint density at radius 2 is 1.84 bits per heavy atom. The zero-order chi connectivity index (χ0) is 47.9. The van der Waals surface area contributed by atoms with E-state index in [1.54, 1.807) is 37.4 Å². The smallest absolute Gasteiger partial charge is 0.324 e. The first-order chi connectivity index (χ1) is 32.0. The molecule has 4 aromatic rings. The normalized spacial score (nSPS) is 22.8. The number of nitrogens with one attached hydrogen (secondary N) is 3. The van der Waals surface area contributed by atoms with Crippen molar-refractivity contribution >= 4 is 40.5 Å². The van der Waals surface area contributed by atoms with Crippen molar-refractivity contribution in [2.75, 3.05) is 46.9 Å². The summed E-state index contributed by atoms with van der Waals surface area (Å²) >= 11 is 0. The lowest BCUT2D eigenvalue weighted by molar-refractivity contribution is -0.155. The van der Waals surface area contributed by atoms with Gasteiger partial charge in [0.15, 0.2) is 0 Å². The van der Waals surface area contributed by atoms with Crippen molar-refractivity contribution in [1.29, 1.82) is 0 Å². The molecule has 0 radical (unpaired) electrons. The maximum Gasteiger partial charge on any atom is 0.324 e. The SMILES string of the molecule is CCn1c(-c2cccnc2[C@H](C)OC)c2c3cc(ccc31)-c1cc(O)cc(c1)C[C@H](NC(=O)C(C(C)C)N(C)C(=O)[C@@H]1CCN(C(=O)[C@H]3CN3)C1)C(=O)N1CCC[C@H](N1)C(=O)OCC(C)(C)C2. The highest BCUT2D eigenvalue weighted by Crippen LogP contribution is 2.42. The molecule has 0 spiro atoms. The summed E-state index contributed by atoms with van der Waals surface area (Å²) in [6.07, 6.45) is 3.48. The fourth-order valence-electron chi connectivity index (χ4n) is 10.3. The molecule has 4 aliphatic heterocycles. The fourth-order valence-corrected chi connectivity index (χ4v) is 10.3. The molecule has 2 aromatic heterocycles. The van der Waals surface area contributed by atoms with Crippen LogP contribution < -0.4 is 16.1 Å². The second-order valence-electron chi connectivity index (χ2n) is 19.9. The Bertz CT molecular complexity index is 2550. The van der Waals surface area contributed by atoms with E-state index in [1.165, 1.54) is 9.91 Å². The van der Waals surface area contributed by atoms with E-state index in [9.17, 15) is 29.1 Å². The highest BCUT2D eigenvalue weighted by molar-refractivity contribution is 5.96. The molecule has 3 fully saturated rings. The number of carbonyl (C=O) groups excluding carboxylic acids is 5. The number of nitrogens with zero attached hydrogens (tertiary/aromatic N) is 5. The Morgan fingerprint density at radius 3 is 2.55 bits per heavy atom. The first-order valence-electron chi connectivity index (χ1n) is 23.8. The van der Waals surface area contributed by atoms with Gasteiger partial charge in [0, 0.05) is 81.4 Å². The number of hydrazine groups is 1. The van der Waals surface area contributed by atoms with Gasteiger partial charge >= 0.3 is 5.97 Å². The van der Waals surface area contributed by atoms with Gasteiger partial charge in [-0.15, -0.1) is 0 Å². The van der Waals surface area contributed by atoms with Gasteiger partial charge in [-0.3, -0.25) is 34.0 Å². The molecule has 6 atom stereocenters. The number of esters is 1. The summed E-state index contributed by atoms with van der Waals surface area (Å²) in [5.74, 6) is -2.51. The fraction of sp³-hybridized carbons (Fsp3) is 0.529. The van der Waals surface area contributed by atoms with Gasteiger partial charge in [-0.1, -0.05) is 39.8 Å². The first-order valence-corrected chi connectivity index (χ1v) is 23.8. The lowest BCUT2D eigenvalue weighted by Crippen LogP contribution is -2.62. The average molecular weight is 919 g/mol. The molecule has 2 aromatic carbocycles. The van der Waals surface area contributed by atoms with Gasteiger partial charge in [0.1, 0.15) is 23.9 Å². The summed E-state index contributed by atoms with van der Waals surface area (Å²) < 4.78 is 14.2. The molecule has 67 heavy (non-hydrogen) atoms. The molecule has 4 aliphatic rings. The molecule has 4 N–H and O–H groups in total. The van der Waals surface area contributed by atoms with E-state index in [4.69, 9.17) is 14.5 Å². The minimum absolute atomic E-state index is 0.00382. The Kier molecular flexibility index (Phi) is 13.8. The largest absolute Gasteiger partial charge is 0.508 e. The number of phenolic OH excluding ortho intramolecular Hbond substituents is 1. The molecule has 6 heterocycles. The minimum atomic E-state index is -1.16. The van der Waals surface area contributed by atoms with Crippen molar-refractivity contribution in [3.63, 3.8) is 0 Å². The molecule has 0 saturated carbocycles. The number of fused-ring (bicyclic) bond motifs is 6. The molecule has 16 nitrogen and oxygen atoms in total. The van der Waals surface area contributed by atoms with Gasteiger partial charge in [-0.25, -0.2) is 5.43 Å². The van der Waals surface area contributed by atoms with E-state index in [-0.39, 0.29) is 61.7 Å². The van der Waals surface area contributed by atoms with Crippen LogP contribution >= 0.6 is 0 Å². The number of cyclic esters (lactones) is 1. The summed E-state index contributed by atoms with van der Waals surface area (Å²) in [4.78, 5) is 78.0. The van der Waals surface area contributed by atoms with Crippen LogP contribution in [0.25, 0.3) is 33.3 Å². The van der Waals surface area contributed by atoms with Crippen LogP contribution in [0.15, 0.2) is 54.7 Å². The number of carbonyl (C=O) groups is 5. The van der Waals surface area contributed by atoms with E-state index < -0.39 is 47.2 Å². The molecule has 4 amide bonds. The number of aromatic hydroxyl groups is 1. The summed E-state index contributed by atoms with van der Waals surface area (Å²) in [5.41, 5.74) is 9.57. The standard InChI is InChI=1S/C51H66N8O8/c1-9-58-42-15-14-32-24-37(42)38(45(58)36-12-10-17-52-43(36)30(4)66-8)25-51(5,6)28-67-50(65)39-13-11-18-59(55-39)49(64)40(22-31-20-34(32)23-35(60)21-31)54-46(61)44(29(2)3)56(7)47(62)33-16-19-57(27-33)48(63)41-26-53-41/h10,12,14-15,17,20-21,23-24,29-30,33,39-41,44,53,55,60H,9,11,13,16,18-19,22,25-28H2,1-8H3,(H,54,61)/t30-,33+,39-,40-,41+,44?/m0/s1. The van der Waals surface area contributed by atoms with E-state index in [0.29, 0.717) is 50.9 Å². The highest BCUT2D eigenvalue weighted by Gasteiger charge is 2.42. The number of rotatable bonds is 10. The number of hydrogen-bond acceptors (Lipinski definition) is 11. The number of aromatic nitrogens is 2. The van der Waals surface area contributed by atoms with Crippen LogP contribution in [0.4, 0.5) is 0 Å². The predicted octanol–water partition coefficient (Wildman–Crippen LogP) is 4.75. The van der Waals surface area contributed by atoms with Crippen LogP contribution in [-0.4, -0.2) is 130 Å². The first kappa shape index (κ1) is 47.6. The van der Waals surface area contributed by atoms with Crippen molar-refractivity contribution < 1.29 is 38.6 Å². The zero-order valence-electron chi connectivity index (χ0n) is 40.1. The predicted molar refractivity (Wildman–Crippen MR) is 253 cm³/mol. The van der Waals surface area contributed by atoms with E-state index in [0.717, 1.165) is 44.5 Å². The van der Waals surface area contributed by atoms with Gasteiger partial charge < -0.3 is 39.6 Å². The minimum Gasteiger partial charge on any atom is -0.508 e. The number of phenols is 1. The monoisotopic (exact) mass is 919 g/mol. The number of likely N-dealkylation sites (tertiary alicyclic amines) is 1. The molecule has 6 bridgehead atoms. The number of ether oxygens (including phenoxy) is 2. The molecule has 16 heteroatoms. The molecule has 1 unspecified atom stereocenters. The average Bonchev–Trinajstić information content (AvgIpc) is 3.97. The third-order valence-corrected chi connectivity index (χ3v) is 13.9. The number of aryl methyl sites for hydroxylation is 1. The van der Waals surface area contributed by atoms with Gasteiger partial charge in [-0.2, -0.15) is 0 Å². The van der Waals surface area contributed by atoms with Gasteiger partial charge in [-0.05, 0) is 104 Å². The van der Waals surface area contributed by atoms with Crippen molar-refractivity contribution in [3.05, 3.63) is 71.5 Å². The Morgan fingerprint density at radius 1 is 1.06 bits per heavy atom. The summed E-state index contributed by atoms with van der Waals surface area (Å²) in [6.45, 7) is 14.4. The second kappa shape index (κ2) is 19.4. The molecule has 0 aliphatic carbocycles. The maximum absolute atomic E-state index is 14.7. The number of hydrogen-bond donors (Lipinski definition) is 4. The third-order valence-electron chi connectivity index (χ3n) is 13.9.